The van der Waals surface area contributed by atoms with Crippen molar-refractivity contribution in [2.24, 2.45) is 0 Å². The highest BCUT2D eigenvalue weighted by Gasteiger charge is 2.19. The molecule has 160 valence electrons. The fourth-order valence-corrected chi connectivity index (χ4v) is 4.96. The fraction of sp³-hybridized carbons (Fsp3) is 0.409. The van der Waals surface area contributed by atoms with Crippen molar-refractivity contribution in [3.63, 3.8) is 0 Å². The molecule has 2 aromatic heterocycles. The van der Waals surface area contributed by atoms with Crippen molar-refractivity contribution in [3.05, 3.63) is 40.1 Å². The zero-order valence-electron chi connectivity index (χ0n) is 17.9. The Hall–Kier alpha value is -2.32. The summed E-state index contributed by atoms with van der Waals surface area (Å²) in [4.78, 5) is 13.7. The quantitative estimate of drug-likeness (QED) is 0.423. The molecule has 30 heavy (non-hydrogen) atoms. The average Bonchev–Trinajstić information content (AvgIpc) is 3.31. The number of carbonyl (C=O) groups is 1. The number of amides is 1. The van der Waals surface area contributed by atoms with Gasteiger partial charge in [-0.3, -0.25) is 4.79 Å². The summed E-state index contributed by atoms with van der Waals surface area (Å²) < 4.78 is 7.56. The Labute approximate surface area is 186 Å². The van der Waals surface area contributed by atoms with Crippen molar-refractivity contribution in [2.45, 2.75) is 52.2 Å². The van der Waals surface area contributed by atoms with Crippen LogP contribution in [0.2, 0.25) is 0 Å². The van der Waals surface area contributed by atoms with E-state index in [1.807, 2.05) is 31.2 Å². The molecule has 0 saturated carbocycles. The minimum Gasteiger partial charge on any atom is -0.494 e. The van der Waals surface area contributed by atoms with E-state index in [2.05, 4.69) is 46.2 Å². The van der Waals surface area contributed by atoms with Gasteiger partial charge in [0.2, 0.25) is 5.91 Å². The summed E-state index contributed by atoms with van der Waals surface area (Å²) in [6.45, 7) is 9.83. The molecule has 0 saturated heterocycles. The smallest absolute Gasteiger partial charge is 0.234 e. The van der Waals surface area contributed by atoms with E-state index in [0.717, 1.165) is 47.4 Å². The lowest BCUT2D eigenvalue weighted by atomic mass is 10.1. The topological polar surface area (TPSA) is 69.0 Å². The van der Waals surface area contributed by atoms with Crippen LogP contribution in [0.25, 0.3) is 11.4 Å². The minimum atomic E-state index is -0.0719. The third kappa shape index (κ3) is 5.23. The molecule has 8 heteroatoms. The van der Waals surface area contributed by atoms with Gasteiger partial charge in [-0.15, -0.1) is 21.5 Å². The van der Waals surface area contributed by atoms with Gasteiger partial charge < -0.3 is 14.6 Å². The molecule has 3 rings (SSSR count). The van der Waals surface area contributed by atoms with Crippen LogP contribution in [0.1, 0.15) is 37.6 Å². The summed E-state index contributed by atoms with van der Waals surface area (Å²) in [6, 6.07) is 7.39. The first kappa shape index (κ1) is 22.4. The first-order valence-corrected chi connectivity index (χ1v) is 12.1. The molecular formula is C22H28N4O2S2. The van der Waals surface area contributed by atoms with E-state index in [-0.39, 0.29) is 11.7 Å². The van der Waals surface area contributed by atoms with Crippen LogP contribution in [0.5, 0.6) is 5.75 Å². The van der Waals surface area contributed by atoms with Gasteiger partial charge in [-0.05, 0) is 56.5 Å². The van der Waals surface area contributed by atoms with Gasteiger partial charge in [0.1, 0.15) is 5.75 Å². The highest BCUT2D eigenvalue weighted by atomic mass is 32.2. The Morgan fingerprint density at radius 1 is 1.20 bits per heavy atom. The van der Waals surface area contributed by atoms with Gasteiger partial charge in [0.25, 0.3) is 0 Å². The van der Waals surface area contributed by atoms with Crippen molar-refractivity contribution in [2.75, 3.05) is 17.7 Å². The van der Waals surface area contributed by atoms with Crippen molar-refractivity contribution in [1.82, 2.24) is 14.8 Å². The molecule has 2 heterocycles. The monoisotopic (exact) mass is 444 g/mol. The number of nitrogens with zero attached hydrogens (tertiary/aromatic N) is 3. The number of ether oxygens (including phenoxy) is 1. The number of carbonyl (C=O) groups excluding carboxylic acids is 1. The largest absolute Gasteiger partial charge is 0.494 e. The maximum absolute atomic E-state index is 12.4. The predicted octanol–water partition coefficient (Wildman–Crippen LogP) is 5.42. The lowest BCUT2D eigenvalue weighted by molar-refractivity contribution is -0.113. The molecular weight excluding hydrogens is 416 g/mol. The number of aryl methyl sites for hydroxylation is 1. The summed E-state index contributed by atoms with van der Waals surface area (Å²) >= 11 is 3.17. The van der Waals surface area contributed by atoms with Gasteiger partial charge in [0, 0.05) is 28.1 Å². The van der Waals surface area contributed by atoms with Gasteiger partial charge >= 0.3 is 0 Å². The van der Waals surface area contributed by atoms with Gasteiger partial charge in [-0.25, -0.2) is 0 Å². The number of hydrogen-bond acceptors (Lipinski definition) is 6. The van der Waals surface area contributed by atoms with Gasteiger partial charge in [-0.2, -0.15) is 0 Å². The molecule has 0 spiro atoms. The van der Waals surface area contributed by atoms with Crippen LogP contribution in [-0.4, -0.2) is 33.0 Å². The van der Waals surface area contributed by atoms with Crippen LogP contribution in [0.15, 0.2) is 34.8 Å². The molecule has 0 aliphatic heterocycles. The second-order valence-electron chi connectivity index (χ2n) is 6.79. The number of rotatable bonds is 10. The Balaban J connectivity index is 1.69. The van der Waals surface area contributed by atoms with Crippen molar-refractivity contribution >= 4 is 34.7 Å². The normalized spacial score (nSPS) is 10.9. The van der Waals surface area contributed by atoms with E-state index in [1.165, 1.54) is 22.2 Å². The van der Waals surface area contributed by atoms with E-state index >= 15 is 0 Å². The maximum Gasteiger partial charge on any atom is 0.234 e. The Bertz CT molecular complexity index is 980. The van der Waals surface area contributed by atoms with Gasteiger partial charge in [0.15, 0.2) is 11.0 Å². The van der Waals surface area contributed by atoms with Crippen LogP contribution in [-0.2, 0) is 17.8 Å². The van der Waals surface area contributed by atoms with Crippen LogP contribution in [0, 0.1) is 6.92 Å². The summed E-state index contributed by atoms with van der Waals surface area (Å²) in [5.74, 6) is 1.89. The van der Waals surface area contributed by atoms with Gasteiger partial charge in [-0.1, -0.05) is 25.6 Å². The van der Waals surface area contributed by atoms with E-state index in [4.69, 9.17) is 4.74 Å². The molecule has 1 N–H and O–H groups in total. The maximum atomic E-state index is 12.4. The number of aromatic nitrogens is 3. The van der Waals surface area contributed by atoms with Gasteiger partial charge in [0.05, 0.1) is 12.4 Å². The third-order valence-electron chi connectivity index (χ3n) is 4.64. The number of benzene rings is 1. The Morgan fingerprint density at radius 2 is 1.97 bits per heavy atom. The SMILES string of the molecule is CCCn1c(SCC(=O)Nc2ccc(OCC)cc2)nnc1-c1csc(C)c1CC. The Kier molecular flexibility index (Phi) is 7.93. The first-order chi connectivity index (χ1) is 14.6. The second kappa shape index (κ2) is 10.6. The average molecular weight is 445 g/mol. The van der Waals surface area contributed by atoms with Crippen LogP contribution < -0.4 is 10.1 Å². The zero-order valence-corrected chi connectivity index (χ0v) is 19.5. The highest BCUT2D eigenvalue weighted by Crippen LogP contribution is 2.32. The third-order valence-corrected chi connectivity index (χ3v) is 6.56. The zero-order chi connectivity index (χ0) is 21.5. The van der Waals surface area contributed by atoms with E-state index in [9.17, 15) is 4.79 Å². The number of thiophene rings is 1. The molecule has 3 aromatic rings. The summed E-state index contributed by atoms with van der Waals surface area (Å²) in [7, 11) is 0. The number of thioether (sulfide) groups is 1. The summed E-state index contributed by atoms with van der Waals surface area (Å²) in [5.41, 5.74) is 3.24. The number of anilines is 1. The molecule has 0 aliphatic carbocycles. The Morgan fingerprint density at radius 3 is 2.63 bits per heavy atom. The molecule has 0 aliphatic rings. The van der Waals surface area contributed by atoms with E-state index in [1.54, 1.807) is 11.3 Å². The predicted molar refractivity (Wildman–Crippen MR) is 125 cm³/mol. The van der Waals surface area contributed by atoms with Crippen molar-refractivity contribution < 1.29 is 9.53 Å². The molecule has 0 bridgehead atoms. The molecule has 0 radical (unpaired) electrons. The van der Waals surface area contributed by atoms with Crippen LogP contribution in [0.3, 0.4) is 0 Å². The molecule has 1 aromatic carbocycles. The standard InChI is InChI=1S/C22H28N4O2S2/c1-5-12-26-21(19-13-29-15(4)18(19)6-2)24-25-22(26)30-14-20(27)23-16-8-10-17(11-9-16)28-7-3/h8-11,13H,5-7,12,14H2,1-4H3,(H,23,27). The summed E-state index contributed by atoms with van der Waals surface area (Å²) in [6.07, 6.45) is 1.94. The molecule has 1 amide bonds. The molecule has 6 nitrogen and oxygen atoms in total. The van der Waals surface area contributed by atoms with Crippen LogP contribution >= 0.6 is 23.1 Å². The van der Waals surface area contributed by atoms with E-state index in [0.29, 0.717) is 6.61 Å². The van der Waals surface area contributed by atoms with E-state index < -0.39 is 0 Å². The van der Waals surface area contributed by atoms with Crippen molar-refractivity contribution in [1.29, 1.82) is 0 Å². The second-order valence-corrected chi connectivity index (χ2v) is 8.82. The van der Waals surface area contributed by atoms with Crippen LogP contribution in [0.4, 0.5) is 5.69 Å². The minimum absolute atomic E-state index is 0.0719. The fourth-order valence-electron chi connectivity index (χ4n) is 3.25. The number of nitrogens with one attached hydrogen (secondary N) is 1. The summed E-state index contributed by atoms with van der Waals surface area (Å²) in [5, 5.41) is 14.7. The molecule has 0 unspecified atom stereocenters. The number of hydrogen-bond donors (Lipinski definition) is 1. The molecule has 0 atom stereocenters. The first-order valence-electron chi connectivity index (χ1n) is 10.2. The lowest BCUT2D eigenvalue weighted by Gasteiger charge is -2.10. The van der Waals surface area contributed by atoms with Crippen molar-refractivity contribution in [3.8, 4) is 17.1 Å². The lowest BCUT2D eigenvalue weighted by Crippen LogP contribution is -2.14. The molecule has 0 fully saturated rings. The highest BCUT2D eigenvalue weighted by molar-refractivity contribution is 7.99.